The van der Waals surface area contributed by atoms with Gasteiger partial charge in [-0.05, 0) is 13.0 Å². The molecule has 3 heterocycles. The summed E-state index contributed by atoms with van der Waals surface area (Å²) in [6.07, 6.45) is 6.64. The normalized spacial score (nSPS) is 11.8. The highest BCUT2D eigenvalue weighted by Gasteiger charge is 2.39. The van der Waals surface area contributed by atoms with Gasteiger partial charge in [0.1, 0.15) is 21.7 Å². The number of ether oxygens (including phenoxy) is 3. The van der Waals surface area contributed by atoms with E-state index in [0.29, 0.717) is 22.7 Å². The smallest absolute Gasteiger partial charge is 0.349 e. The lowest BCUT2D eigenvalue weighted by molar-refractivity contribution is -0.185. The Morgan fingerprint density at radius 1 is 1.38 bits per heavy atom. The average Bonchev–Trinajstić information content (AvgIpc) is 3.19. The number of hydrogen-bond donors (Lipinski definition) is 0. The Morgan fingerprint density at radius 2 is 2.17 bits per heavy atom. The minimum Gasteiger partial charge on any atom is -0.462 e. The number of carbonyl (C=O) groups is 1. The third kappa shape index (κ3) is 2.58. The molecule has 0 aliphatic heterocycles. The predicted molar refractivity (Wildman–Crippen MR) is 88.1 cm³/mol. The second-order valence-corrected chi connectivity index (χ2v) is 5.92. The van der Waals surface area contributed by atoms with E-state index < -0.39 is 5.79 Å². The lowest BCUT2D eigenvalue weighted by Crippen LogP contribution is -2.33. The molecule has 0 amide bonds. The van der Waals surface area contributed by atoms with Gasteiger partial charge in [-0.1, -0.05) is 6.07 Å². The van der Waals surface area contributed by atoms with Crippen LogP contribution in [0.2, 0.25) is 0 Å². The molecule has 0 saturated carbocycles. The summed E-state index contributed by atoms with van der Waals surface area (Å²) >= 11 is 1.28. The van der Waals surface area contributed by atoms with Crippen molar-refractivity contribution in [3.63, 3.8) is 0 Å². The molecule has 0 radical (unpaired) electrons. The lowest BCUT2D eigenvalue weighted by Gasteiger charge is -2.29. The zero-order valence-corrected chi connectivity index (χ0v) is 14.4. The van der Waals surface area contributed by atoms with Crippen molar-refractivity contribution in [2.75, 3.05) is 20.8 Å². The van der Waals surface area contributed by atoms with E-state index in [-0.39, 0.29) is 5.97 Å². The second kappa shape index (κ2) is 6.68. The third-order valence-electron chi connectivity index (χ3n) is 3.62. The fourth-order valence-electron chi connectivity index (χ4n) is 2.53. The Balaban J connectivity index is 2.14. The molecule has 24 heavy (non-hydrogen) atoms. The molecule has 0 fully saturated rings. The van der Waals surface area contributed by atoms with E-state index in [0.717, 1.165) is 4.83 Å². The van der Waals surface area contributed by atoms with E-state index in [2.05, 4.69) is 9.97 Å². The molecule has 0 N–H and O–H groups in total. The van der Waals surface area contributed by atoms with E-state index in [1.165, 1.54) is 11.3 Å². The van der Waals surface area contributed by atoms with E-state index in [4.69, 9.17) is 14.2 Å². The summed E-state index contributed by atoms with van der Waals surface area (Å²) in [5.41, 5.74) is 1.27. The molecule has 0 aliphatic carbocycles. The number of methoxy groups -OCH3 is 2. The van der Waals surface area contributed by atoms with Crippen LogP contribution < -0.4 is 0 Å². The number of thiazole rings is 1. The van der Waals surface area contributed by atoms with E-state index >= 15 is 0 Å². The molecule has 0 atom stereocenters. The van der Waals surface area contributed by atoms with Gasteiger partial charge in [0.05, 0.1) is 6.61 Å². The van der Waals surface area contributed by atoms with Crippen molar-refractivity contribution < 1.29 is 19.0 Å². The van der Waals surface area contributed by atoms with E-state index in [1.54, 1.807) is 56.5 Å². The number of aromatic nitrogens is 3. The number of fused-ring (bicyclic) bond motifs is 1. The van der Waals surface area contributed by atoms with Crippen molar-refractivity contribution in [3.05, 3.63) is 53.2 Å². The fourth-order valence-corrected chi connectivity index (χ4v) is 3.53. The average molecular weight is 347 g/mol. The van der Waals surface area contributed by atoms with Gasteiger partial charge in [0.15, 0.2) is 0 Å². The van der Waals surface area contributed by atoms with Crippen molar-refractivity contribution >= 4 is 22.1 Å². The van der Waals surface area contributed by atoms with Gasteiger partial charge >= 0.3 is 5.97 Å². The largest absolute Gasteiger partial charge is 0.462 e. The summed E-state index contributed by atoms with van der Waals surface area (Å²) in [6.45, 7) is 2.10. The molecule has 126 valence electrons. The molecule has 7 nitrogen and oxygen atoms in total. The molecule has 3 aromatic rings. The Bertz CT molecular complexity index is 840. The summed E-state index contributed by atoms with van der Waals surface area (Å²) < 4.78 is 18.2. The Labute approximate surface area is 142 Å². The standard InChI is InChI=1S/C16H17N3O4S/c1-4-23-15(20)12-9-19-10-18-13(14(19)24-12)16(21-2,22-3)11-6-5-7-17-8-11/h5-10H,4H2,1-3H3. The van der Waals surface area contributed by atoms with Crippen LogP contribution in [0.1, 0.15) is 27.9 Å². The molecule has 0 saturated heterocycles. The van der Waals surface area contributed by atoms with E-state index in [9.17, 15) is 4.79 Å². The molecule has 3 aromatic heterocycles. The Hall–Kier alpha value is -2.29. The van der Waals surface area contributed by atoms with Crippen molar-refractivity contribution in [2.45, 2.75) is 12.7 Å². The quantitative estimate of drug-likeness (QED) is 0.504. The van der Waals surface area contributed by atoms with Crippen molar-refractivity contribution in [1.29, 1.82) is 0 Å². The molecule has 0 aliphatic rings. The Morgan fingerprint density at radius 3 is 2.79 bits per heavy atom. The monoisotopic (exact) mass is 347 g/mol. The number of hydrogen-bond acceptors (Lipinski definition) is 7. The third-order valence-corrected chi connectivity index (χ3v) is 4.71. The van der Waals surface area contributed by atoms with Crippen LogP contribution >= 0.6 is 11.3 Å². The summed E-state index contributed by atoms with van der Waals surface area (Å²) in [5, 5.41) is 0. The van der Waals surface area contributed by atoms with Crippen LogP contribution in [0, 0.1) is 0 Å². The van der Waals surface area contributed by atoms with Gasteiger partial charge < -0.3 is 14.2 Å². The zero-order valence-electron chi connectivity index (χ0n) is 13.6. The molecule has 3 rings (SSSR count). The summed E-state index contributed by atoms with van der Waals surface area (Å²) in [6, 6.07) is 3.65. The van der Waals surface area contributed by atoms with Gasteiger partial charge in [0, 0.05) is 38.4 Å². The van der Waals surface area contributed by atoms with Gasteiger partial charge in [-0.2, -0.15) is 0 Å². The second-order valence-electron chi connectivity index (χ2n) is 4.89. The number of rotatable bonds is 6. The highest BCUT2D eigenvalue weighted by Crippen LogP contribution is 2.37. The van der Waals surface area contributed by atoms with E-state index in [1.807, 2.05) is 6.07 Å². The molecule has 0 bridgehead atoms. The molecule has 0 unspecified atom stereocenters. The van der Waals surface area contributed by atoms with Crippen LogP contribution in [0.4, 0.5) is 0 Å². The molecular weight excluding hydrogens is 330 g/mol. The number of pyridine rings is 1. The van der Waals surface area contributed by atoms with Crippen LogP contribution in [0.5, 0.6) is 0 Å². The first-order valence-electron chi connectivity index (χ1n) is 7.31. The molecular formula is C16H17N3O4S. The van der Waals surface area contributed by atoms with Gasteiger partial charge in [-0.3, -0.25) is 9.38 Å². The maximum atomic E-state index is 12.0. The van der Waals surface area contributed by atoms with Gasteiger partial charge in [0.25, 0.3) is 0 Å². The maximum absolute atomic E-state index is 12.0. The number of carbonyl (C=O) groups excluding carboxylic acids is 1. The van der Waals surface area contributed by atoms with Crippen molar-refractivity contribution in [2.24, 2.45) is 0 Å². The minimum atomic E-state index is -1.21. The zero-order chi connectivity index (χ0) is 17.2. The summed E-state index contributed by atoms with van der Waals surface area (Å²) in [5.74, 6) is -1.57. The topological polar surface area (TPSA) is 75.0 Å². The van der Waals surface area contributed by atoms with Crippen LogP contribution in [0.15, 0.2) is 37.1 Å². The summed E-state index contributed by atoms with van der Waals surface area (Å²) in [4.78, 5) is 21.8. The highest BCUT2D eigenvalue weighted by molar-refractivity contribution is 7.19. The molecule has 8 heteroatoms. The predicted octanol–water partition coefficient (Wildman–Crippen LogP) is 2.46. The number of imidazole rings is 1. The fraction of sp³-hybridized carbons (Fsp3) is 0.312. The summed E-state index contributed by atoms with van der Waals surface area (Å²) in [7, 11) is 3.09. The highest BCUT2D eigenvalue weighted by atomic mass is 32.1. The lowest BCUT2D eigenvalue weighted by atomic mass is 10.1. The number of nitrogens with zero attached hydrogens (tertiary/aromatic N) is 3. The number of esters is 1. The first-order chi connectivity index (χ1) is 11.7. The van der Waals surface area contributed by atoms with Crippen molar-refractivity contribution in [1.82, 2.24) is 14.4 Å². The first-order valence-corrected chi connectivity index (χ1v) is 8.12. The van der Waals surface area contributed by atoms with Gasteiger partial charge in [-0.15, -0.1) is 11.3 Å². The van der Waals surface area contributed by atoms with Gasteiger partial charge in [-0.25, -0.2) is 9.78 Å². The van der Waals surface area contributed by atoms with Gasteiger partial charge in [0.2, 0.25) is 5.79 Å². The minimum absolute atomic E-state index is 0.326. The Kier molecular flexibility index (Phi) is 4.61. The SMILES string of the molecule is CCOC(=O)c1cn2cnc(C(OC)(OC)c3cccnc3)c2s1. The first kappa shape index (κ1) is 16.6. The van der Waals surface area contributed by atoms with Crippen LogP contribution in [0.3, 0.4) is 0 Å². The van der Waals surface area contributed by atoms with Crippen molar-refractivity contribution in [3.8, 4) is 0 Å². The molecule has 0 spiro atoms. The molecule has 0 aromatic carbocycles. The van der Waals surface area contributed by atoms with Crippen LogP contribution in [0.25, 0.3) is 4.83 Å². The maximum Gasteiger partial charge on any atom is 0.349 e. The van der Waals surface area contributed by atoms with Crippen LogP contribution in [-0.2, 0) is 20.0 Å². The van der Waals surface area contributed by atoms with Crippen LogP contribution in [-0.4, -0.2) is 41.2 Å².